The molecule has 0 fully saturated rings. The smallest absolute Gasteiger partial charge is 0.250 e. The molecular formula is C61H68F2N7O7S+. The lowest BCUT2D eigenvalue weighted by Crippen LogP contribution is -2.28. The first-order chi connectivity index (χ1) is 37.4. The number of ketones is 1. The number of H-pyrrole nitrogens is 1. The van der Waals surface area contributed by atoms with Crippen molar-refractivity contribution in [2.45, 2.75) is 77.6 Å². The van der Waals surface area contributed by atoms with Gasteiger partial charge in [0, 0.05) is 88.6 Å². The molecule has 6 aromatic rings. The SMILES string of the molecule is CCCS(=O)(=O)Nc1ccc(F)c(C(=O)c2c[nH]c3ncc(-c4ccc(NC(=O)COCCOCCNC(=O)CCCCCN5\C(=C/C=C/C=C/C6=[N+](C)c7ccccc7C6(C)C)C(C)(C)c6ccccc65)cc4)cc23)c1F. The largest absolute Gasteiger partial charge is 0.377 e. The summed E-state index contributed by atoms with van der Waals surface area (Å²) in [5.74, 6) is -4.14. The van der Waals surface area contributed by atoms with Gasteiger partial charge in [-0.2, -0.15) is 4.58 Å². The van der Waals surface area contributed by atoms with E-state index in [1.807, 2.05) is 0 Å². The molecule has 8 rings (SSSR count). The Bertz CT molecular complexity index is 3440. The number of ether oxygens (including phenoxy) is 2. The number of para-hydroxylation sites is 2. The number of aromatic nitrogens is 2. The first kappa shape index (κ1) is 56.6. The number of halogens is 2. The lowest BCUT2D eigenvalue weighted by Gasteiger charge is -2.27. The number of nitrogens with zero attached hydrogens (tertiary/aromatic N) is 3. The number of rotatable bonds is 25. The number of amides is 2. The molecule has 4 heterocycles. The molecule has 17 heteroatoms. The van der Waals surface area contributed by atoms with Gasteiger partial charge in [-0.15, -0.1) is 0 Å². The Labute approximate surface area is 455 Å². The molecule has 0 radical (unpaired) electrons. The second kappa shape index (κ2) is 24.8. The van der Waals surface area contributed by atoms with Crippen LogP contribution in [0.5, 0.6) is 0 Å². The molecule has 4 N–H and O–H groups in total. The van der Waals surface area contributed by atoms with Crippen LogP contribution < -0.4 is 20.3 Å². The molecule has 78 heavy (non-hydrogen) atoms. The van der Waals surface area contributed by atoms with Crippen LogP contribution in [-0.2, 0) is 39.9 Å². The second-order valence-electron chi connectivity index (χ2n) is 20.5. The molecular weight excluding hydrogens is 1010 g/mol. The molecule has 14 nitrogen and oxygen atoms in total. The molecule has 4 aromatic carbocycles. The monoisotopic (exact) mass is 1080 g/mol. The van der Waals surface area contributed by atoms with Crippen molar-refractivity contribution in [3.05, 3.63) is 173 Å². The van der Waals surface area contributed by atoms with Crippen molar-refractivity contribution in [2.75, 3.05) is 67.3 Å². The zero-order valence-corrected chi connectivity index (χ0v) is 45.9. The summed E-state index contributed by atoms with van der Waals surface area (Å²) >= 11 is 0. The normalized spacial score (nSPS) is 15.2. The summed E-state index contributed by atoms with van der Waals surface area (Å²) in [7, 11) is -1.78. The van der Waals surface area contributed by atoms with Crippen molar-refractivity contribution in [1.29, 1.82) is 0 Å². The van der Waals surface area contributed by atoms with Gasteiger partial charge in [0.15, 0.2) is 11.5 Å². The van der Waals surface area contributed by atoms with E-state index in [4.69, 9.17) is 9.47 Å². The molecule has 0 unspecified atom stereocenters. The van der Waals surface area contributed by atoms with E-state index in [2.05, 4.69) is 148 Å². The van der Waals surface area contributed by atoms with Gasteiger partial charge in [-0.25, -0.2) is 22.2 Å². The molecule has 0 saturated carbocycles. The number of anilines is 3. The average molecular weight is 1080 g/mol. The molecule has 2 amide bonds. The fourth-order valence-corrected chi connectivity index (χ4v) is 11.4. The van der Waals surface area contributed by atoms with Gasteiger partial charge in [0.25, 0.3) is 0 Å². The van der Waals surface area contributed by atoms with E-state index in [0.29, 0.717) is 47.4 Å². The summed E-state index contributed by atoms with van der Waals surface area (Å²) in [6.45, 7) is 12.5. The number of hydrogen-bond donors (Lipinski definition) is 4. The molecule has 0 bridgehead atoms. The Morgan fingerprint density at radius 1 is 0.821 bits per heavy atom. The Kier molecular flexibility index (Phi) is 18.0. The van der Waals surface area contributed by atoms with Gasteiger partial charge in [-0.3, -0.25) is 19.1 Å². The molecule has 2 aliphatic heterocycles. The van der Waals surface area contributed by atoms with Gasteiger partial charge in [0.05, 0.1) is 42.2 Å². The highest BCUT2D eigenvalue weighted by molar-refractivity contribution is 7.92. The lowest BCUT2D eigenvalue weighted by molar-refractivity contribution is -0.401. The number of allylic oxidation sites excluding steroid dienone is 6. The van der Waals surface area contributed by atoms with Crippen LogP contribution >= 0.6 is 0 Å². The molecule has 408 valence electrons. The average Bonchev–Trinajstić information content (AvgIpc) is 4.07. The highest BCUT2D eigenvalue weighted by Crippen LogP contribution is 2.48. The topological polar surface area (TPSA) is 175 Å². The van der Waals surface area contributed by atoms with Gasteiger partial charge in [0.2, 0.25) is 33.3 Å². The number of pyridine rings is 1. The molecule has 0 aliphatic carbocycles. The van der Waals surface area contributed by atoms with Crippen molar-refractivity contribution < 1.29 is 45.6 Å². The highest BCUT2D eigenvalue weighted by Gasteiger charge is 2.43. The number of unbranched alkanes of at least 4 members (excludes halogenated alkanes) is 2. The van der Waals surface area contributed by atoms with Crippen LogP contribution in [0, 0.1) is 11.6 Å². The fraction of sp³-hybridized carbons (Fsp3) is 0.328. The van der Waals surface area contributed by atoms with Crippen LogP contribution in [0.4, 0.5) is 31.5 Å². The highest BCUT2D eigenvalue weighted by atomic mass is 32.2. The maximum Gasteiger partial charge on any atom is 0.250 e. The maximum absolute atomic E-state index is 15.5. The number of carbonyl (C=O) groups excluding carboxylic acids is 3. The predicted octanol–water partition coefficient (Wildman–Crippen LogP) is 11.0. The van der Waals surface area contributed by atoms with E-state index < -0.39 is 38.7 Å². The summed E-state index contributed by atoms with van der Waals surface area (Å²) in [5, 5.41) is 6.00. The van der Waals surface area contributed by atoms with Crippen LogP contribution in [-0.4, -0.2) is 98.6 Å². The third-order valence-electron chi connectivity index (χ3n) is 14.3. The molecule has 0 spiro atoms. The van der Waals surface area contributed by atoms with E-state index >= 15 is 4.39 Å². The second-order valence-corrected chi connectivity index (χ2v) is 22.3. The lowest BCUT2D eigenvalue weighted by atomic mass is 9.81. The van der Waals surface area contributed by atoms with Gasteiger partial charge < -0.3 is 30.0 Å². The van der Waals surface area contributed by atoms with Crippen LogP contribution in [0.3, 0.4) is 0 Å². The summed E-state index contributed by atoms with van der Waals surface area (Å²) in [6, 6.07) is 27.5. The maximum atomic E-state index is 15.5. The Hall–Kier alpha value is -7.60. The van der Waals surface area contributed by atoms with Gasteiger partial charge in [-0.05, 0) is 86.7 Å². The Morgan fingerprint density at radius 2 is 1.56 bits per heavy atom. The molecule has 0 atom stereocenters. The first-order valence-corrected chi connectivity index (χ1v) is 28.0. The van der Waals surface area contributed by atoms with Crippen LogP contribution in [0.1, 0.15) is 93.8 Å². The van der Waals surface area contributed by atoms with E-state index in [1.165, 1.54) is 40.1 Å². The first-order valence-electron chi connectivity index (χ1n) is 26.4. The van der Waals surface area contributed by atoms with Crippen LogP contribution in [0.15, 0.2) is 139 Å². The standard InChI is InChI=1S/C61H67F2N7O7S/c1-7-36-78(74,75)68-49-30-29-48(62)56(57(49)63)58(73)45-39-66-59-44(45)37-42(38-65-59)41-25-27-43(28-26-41)67-55(72)40-77-35-34-76-33-31-64-54(71)24-12-9-17-32-70-51-21-16-14-19-47(51)61(4,5)53(70)23-11-8-10-22-52-60(2,3)46-18-13-15-20-50(46)69(52)6/h8,10-11,13-16,18-23,25-30,37-39,68H,7,9,12,17,24,31-36,40H2,1-6H3,(H2-,64,65,66,67,71,72,73)/p+1. The third kappa shape index (κ3) is 12.9. The van der Waals surface area contributed by atoms with Crippen molar-refractivity contribution in [1.82, 2.24) is 15.3 Å². The van der Waals surface area contributed by atoms with Gasteiger partial charge in [-0.1, -0.05) is 94.0 Å². The van der Waals surface area contributed by atoms with Crippen molar-refractivity contribution in [3.63, 3.8) is 0 Å². The van der Waals surface area contributed by atoms with Crippen molar-refractivity contribution >= 4 is 67.1 Å². The fourth-order valence-electron chi connectivity index (χ4n) is 10.3. The van der Waals surface area contributed by atoms with Gasteiger partial charge >= 0.3 is 0 Å². The molecule has 2 aromatic heterocycles. The minimum atomic E-state index is -3.91. The summed E-state index contributed by atoms with van der Waals surface area (Å²) < 4.78 is 70.5. The number of benzene rings is 4. The number of sulfonamides is 1. The minimum absolute atomic E-state index is 0.0212. The Balaban J connectivity index is 0.716. The number of hydrogen-bond acceptors (Lipinski definition) is 9. The van der Waals surface area contributed by atoms with Crippen molar-refractivity contribution in [3.8, 4) is 11.1 Å². The zero-order chi connectivity index (χ0) is 55.6. The van der Waals surface area contributed by atoms with E-state index in [-0.39, 0.29) is 60.2 Å². The van der Waals surface area contributed by atoms with Crippen LogP contribution in [0.2, 0.25) is 0 Å². The summed E-state index contributed by atoms with van der Waals surface area (Å²) in [5.41, 5.74) is 7.97. The third-order valence-corrected chi connectivity index (χ3v) is 15.7. The summed E-state index contributed by atoms with van der Waals surface area (Å²) in [4.78, 5) is 48.5. The zero-order valence-electron chi connectivity index (χ0n) is 45.1. The van der Waals surface area contributed by atoms with E-state index in [1.54, 1.807) is 43.5 Å². The minimum Gasteiger partial charge on any atom is -0.377 e. The summed E-state index contributed by atoms with van der Waals surface area (Å²) in [6.07, 6.45) is 17.0. The number of aromatic amines is 1. The molecule has 2 aliphatic rings. The van der Waals surface area contributed by atoms with E-state index in [0.717, 1.165) is 37.9 Å². The molecule has 0 saturated heterocycles. The van der Waals surface area contributed by atoms with E-state index in [9.17, 15) is 27.2 Å². The van der Waals surface area contributed by atoms with Gasteiger partial charge in [0.1, 0.15) is 25.1 Å². The Morgan fingerprint density at radius 3 is 2.33 bits per heavy atom. The number of fused-ring (bicyclic) bond motifs is 3. The predicted molar refractivity (Wildman–Crippen MR) is 304 cm³/mol. The van der Waals surface area contributed by atoms with Crippen LogP contribution in [0.25, 0.3) is 22.2 Å². The number of nitrogens with one attached hydrogen (secondary N) is 4. The quantitative estimate of drug-likeness (QED) is 0.0188. The van der Waals surface area contributed by atoms with Crippen molar-refractivity contribution in [2.24, 2.45) is 0 Å². The number of carbonyl (C=O) groups is 3.